The van der Waals surface area contributed by atoms with E-state index >= 15 is 0 Å². The van der Waals surface area contributed by atoms with Crippen LogP contribution in [-0.4, -0.2) is 16.2 Å². The Labute approximate surface area is 188 Å². The summed E-state index contributed by atoms with van der Waals surface area (Å²) in [7, 11) is 0. The summed E-state index contributed by atoms with van der Waals surface area (Å²) in [5.41, 5.74) is 4.55. The second-order valence-electron chi connectivity index (χ2n) is 7.02. The van der Waals surface area contributed by atoms with Crippen LogP contribution in [0.4, 0.5) is 11.4 Å². The molecule has 0 unspecified atom stereocenters. The van der Waals surface area contributed by atoms with E-state index < -0.39 is 0 Å². The molecule has 1 saturated heterocycles. The molecule has 0 saturated carbocycles. The molecule has 1 aliphatic rings. The van der Waals surface area contributed by atoms with Gasteiger partial charge in [0.25, 0.3) is 5.91 Å². The highest BCUT2D eigenvalue weighted by Gasteiger charge is 2.34. The number of carbonyl (C=O) groups excluding carboxylic acids is 1. The summed E-state index contributed by atoms with van der Waals surface area (Å²) < 4.78 is 0.798. The first-order valence-corrected chi connectivity index (χ1v) is 11.0. The van der Waals surface area contributed by atoms with Crippen molar-refractivity contribution >= 4 is 56.2 Å². The normalized spacial score (nSPS) is 16.6. The Kier molecular flexibility index (Phi) is 5.79. The number of hydrogen-bond donors (Lipinski definition) is 1. The number of amides is 1. The number of anilines is 1. The van der Waals surface area contributed by atoms with Crippen LogP contribution < -0.4 is 4.90 Å². The van der Waals surface area contributed by atoms with Crippen molar-refractivity contribution in [3.8, 4) is 5.75 Å². The molecule has 3 aromatic carbocycles. The van der Waals surface area contributed by atoms with Gasteiger partial charge in [-0.25, -0.2) is 4.99 Å². The van der Waals surface area contributed by atoms with Gasteiger partial charge in [-0.3, -0.25) is 9.69 Å². The van der Waals surface area contributed by atoms with Crippen LogP contribution in [0.25, 0.3) is 6.08 Å². The van der Waals surface area contributed by atoms with Crippen LogP contribution in [0, 0.1) is 13.8 Å². The quantitative estimate of drug-likeness (QED) is 0.432. The molecule has 1 heterocycles. The van der Waals surface area contributed by atoms with Crippen molar-refractivity contribution in [2.75, 3.05) is 4.90 Å². The molecule has 150 valence electrons. The van der Waals surface area contributed by atoms with Crippen LogP contribution in [0.3, 0.4) is 0 Å². The number of rotatable bonds is 3. The first-order chi connectivity index (χ1) is 14.4. The molecule has 0 bridgehead atoms. The molecule has 1 aliphatic heterocycles. The number of halogens is 1. The SMILES string of the molecule is Cc1ccc(N=C2S/C(=C\c3cc(O)ccc3Br)C(=O)N2c2ccc(C)cc2)cc1. The molecule has 4 rings (SSSR count). The van der Waals surface area contributed by atoms with Crippen LogP contribution in [0.15, 0.2) is 81.1 Å². The largest absolute Gasteiger partial charge is 0.508 e. The highest BCUT2D eigenvalue weighted by Crippen LogP contribution is 2.38. The molecule has 4 nitrogen and oxygen atoms in total. The molecule has 0 atom stereocenters. The van der Waals surface area contributed by atoms with Gasteiger partial charge in [-0.15, -0.1) is 0 Å². The monoisotopic (exact) mass is 478 g/mol. The fraction of sp³-hybridized carbons (Fsp3) is 0.0833. The van der Waals surface area contributed by atoms with Gasteiger partial charge in [-0.05, 0) is 79.7 Å². The van der Waals surface area contributed by atoms with Crippen molar-refractivity contribution in [3.05, 3.63) is 92.8 Å². The Hall–Kier alpha value is -2.83. The molecule has 30 heavy (non-hydrogen) atoms. The predicted octanol–water partition coefficient (Wildman–Crippen LogP) is 6.58. The number of aryl methyl sites for hydroxylation is 2. The minimum absolute atomic E-state index is 0.143. The predicted molar refractivity (Wildman–Crippen MR) is 128 cm³/mol. The van der Waals surface area contributed by atoms with E-state index in [2.05, 4.69) is 15.9 Å². The molecule has 0 radical (unpaired) electrons. The Morgan fingerprint density at radius 2 is 1.60 bits per heavy atom. The van der Waals surface area contributed by atoms with Gasteiger partial charge in [0, 0.05) is 4.47 Å². The standard InChI is InChI=1S/C24H19BrN2O2S/c1-15-3-7-18(8-4-15)26-24-27(19-9-5-16(2)6-10-19)23(29)22(30-24)14-17-13-20(28)11-12-21(17)25/h3-14,28H,1-2H3/b22-14-,26-24?. The van der Waals surface area contributed by atoms with Crippen molar-refractivity contribution in [1.82, 2.24) is 0 Å². The van der Waals surface area contributed by atoms with Gasteiger partial charge in [0.2, 0.25) is 0 Å². The lowest BCUT2D eigenvalue weighted by atomic mass is 10.2. The summed E-state index contributed by atoms with van der Waals surface area (Å²) in [5.74, 6) is -0.00519. The van der Waals surface area contributed by atoms with E-state index in [1.54, 1.807) is 29.2 Å². The molecule has 1 amide bonds. The van der Waals surface area contributed by atoms with Crippen LogP contribution in [0.2, 0.25) is 0 Å². The Morgan fingerprint density at radius 1 is 0.967 bits per heavy atom. The topological polar surface area (TPSA) is 52.9 Å². The lowest BCUT2D eigenvalue weighted by molar-refractivity contribution is -0.113. The first kappa shape index (κ1) is 20.4. The molecule has 0 spiro atoms. The second kappa shape index (κ2) is 8.50. The zero-order valence-corrected chi connectivity index (χ0v) is 18.9. The maximum absolute atomic E-state index is 13.3. The van der Waals surface area contributed by atoms with Crippen molar-refractivity contribution in [1.29, 1.82) is 0 Å². The van der Waals surface area contributed by atoms with Crippen molar-refractivity contribution in [3.63, 3.8) is 0 Å². The van der Waals surface area contributed by atoms with E-state index in [-0.39, 0.29) is 11.7 Å². The summed E-state index contributed by atoms with van der Waals surface area (Å²) in [6.07, 6.45) is 1.77. The summed E-state index contributed by atoms with van der Waals surface area (Å²) in [5, 5.41) is 10.4. The van der Waals surface area contributed by atoms with E-state index in [0.717, 1.165) is 32.5 Å². The third kappa shape index (κ3) is 4.35. The molecule has 0 aromatic heterocycles. The molecule has 6 heteroatoms. The molecule has 3 aromatic rings. The van der Waals surface area contributed by atoms with E-state index in [0.29, 0.717) is 10.1 Å². The summed E-state index contributed by atoms with van der Waals surface area (Å²) in [4.78, 5) is 20.2. The molecule has 0 aliphatic carbocycles. The Bertz CT molecular complexity index is 1170. The number of amidine groups is 1. The van der Waals surface area contributed by atoms with Crippen LogP contribution in [0.5, 0.6) is 5.75 Å². The van der Waals surface area contributed by atoms with Gasteiger partial charge < -0.3 is 5.11 Å². The van der Waals surface area contributed by atoms with Gasteiger partial charge in [0.05, 0.1) is 16.3 Å². The molecular weight excluding hydrogens is 460 g/mol. The van der Waals surface area contributed by atoms with Gasteiger partial charge in [0.15, 0.2) is 5.17 Å². The number of aromatic hydroxyl groups is 1. The zero-order chi connectivity index (χ0) is 21.3. The Morgan fingerprint density at radius 3 is 2.27 bits per heavy atom. The lowest BCUT2D eigenvalue weighted by Crippen LogP contribution is -2.28. The summed E-state index contributed by atoms with van der Waals surface area (Å²) in [6, 6.07) is 20.6. The van der Waals surface area contributed by atoms with Crippen LogP contribution in [-0.2, 0) is 4.79 Å². The Balaban J connectivity index is 1.79. The van der Waals surface area contributed by atoms with Gasteiger partial charge >= 0.3 is 0 Å². The van der Waals surface area contributed by atoms with Crippen LogP contribution in [0.1, 0.15) is 16.7 Å². The number of thioether (sulfide) groups is 1. The number of nitrogens with zero attached hydrogens (tertiary/aromatic N) is 2. The molecule has 1 N–H and O–H groups in total. The fourth-order valence-corrected chi connectivity index (χ4v) is 4.34. The number of benzene rings is 3. The average Bonchev–Trinajstić information content (AvgIpc) is 3.02. The van der Waals surface area contributed by atoms with E-state index in [4.69, 9.17) is 4.99 Å². The number of phenolic OH excluding ortho intramolecular Hbond substituents is 1. The van der Waals surface area contributed by atoms with E-state index in [1.165, 1.54) is 11.8 Å². The lowest BCUT2D eigenvalue weighted by Gasteiger charge is -2.16. The highest BCUT2D eigenvalue weighted by molar-refractivity contribution is 9.10. The third-order valence-electron chi connectivity index (χ3n) is 4.62. The van der Waals surface area contributed by atoms with Gasteiger partial charge in [0.1, 0.15) is 5.75 Å². The molecular formula is C24H19BrN2O2S. The second-order valence-corrected chi connectivity index (χ2v) is 8.89. The average molecular weight is 479 g/mol. The molecule has 1 fully saturated rings. The fourth-order valence-electron chi connectivity index (χ4n) is 2.98. The number of aliphatic imine (C=N–C) groups is 1. The van der Waals surface area contributed by atoms with Crippen molar-refractivity contribution in [2.45, 2.75) is 13.8 Å². The number of hydrogen-bond acceptors (Lipinski definition) is 4. The third-order valence-corrected chi connectivity index (χ3v) is 6.31. The van der Waals surface area contributed by atoms with Crippen molar-refractivity contribution < 1.29 is 9.90 Å². The van der Waals surface area contributed by atoms with E-state index in [1.807, 2.05) is 62.4 Å². The van der Waals surface area contributed by atoms with Gasteiger partial charge in [-0.1, -0.05) is 51.3 Å². The number of carbonyl (C=O) groups is 1. The number of phenols is 1. The van der Waals surface area contributed by atoms with Gasteiger partial charge in [-0.2, -0.15) is 0 Å². The van der Waals surface area contributed by atoms with Crippen molar-refractivity contribution in [2.24, 2.45) is 4.99 Å². The van der Waals surface area contributed by atoms with Crippen LogP contribution >= 0.6 is 27.7 Å². The first-order valence-electron chi connectivity index (χ1n) is 9.35. The zero-order valence-electron chi connectivity index (χ0n) is 16.5. The summed E-state index contributed by atoms with van der Waals surface area (Å²) >= 11 is 4.80. The minimum atomic E-state index is -0.148. The smallest absolute Gasteiger partial charge is 0.271 e. The highest BCUT2D eigenvalue weighted by atomic mass is 79.9. The van der Waals surface area contributed by atoms with E-state index in [9.17, 15) is 9.90 Å². The maximum atomic E-state index is 13.3. The minimum Gasteiger partial charge on any atom is -0.508 e. The maximum Gasteiger partial charge on any atom is 0.271 e. The summed E-state index contributed by atoms with van der Waals surface area (Å²) in [6.45, 7) is 4.04.